The van der Waals surface area contributed by atoms with Crippen molar-refractivity contribution in [1.29, 1.82) is 0 Å². The zero-order valence-electron chi connectivity index (χ0n) is 14.2. The molecule has 8 heteroatoms. The lowest BCUT2D eigenvalue weighted by atomic mass is 10.1. The number of nitrogens with one attached hydrogen (secondary N) is 1. The maximum absolute atomic E-state index is 13.1. The van der Waals surface area contributed by atoms with Crippen LogP contribution in [0.2, 0.25) is 0 Å². The first-order chi connectivity index (χ1) is 12.4. The summed E-state index contributed by atoms with van der Waals surface area (Å²) in [5.41, 5.74) is 1.21. The summed E-state index contributed by atoms with van der Waals surface area (Å²) in [5.74, 6) is -0.525. The van der Waals surface area contributed by atoms with Crippen molar-refractivity contribution in [2.75, 3.05) is 26.7 Å². The average molecular weight is 378 g/mol. The molecule has 1 saturated heterocycles. The highest BCUT2D eigenvalue weighted by Crippen LogP contribution is 2.24. The number of nitrogens with zero attached hydrogens (tertiary/aromatic N) is 1. The Labute approximate surface area is 151 Å². The molecule has 1 amide bonds. The highest BCUT2D eigenvalue weighted by atomic mass is 32.2. The molecule has 2 aromatic carbocycles. The predicted octanol–water partition coefficient (Wildman–Crippen LogP) is 1.95. The predicted molar refractivity (Wildman–Crippen MR) is 93.7 cm³/mol. The molecule has 1 N–H and O–H groups in total. The van der Waals surface area contributed by atoms with E-state index in [0.717, 1.165) is 5.56 Å². The lowest BCUT2D eigenvalue weighted by Crippen LogP contribution is -2.42. The van der Waals surface area contributed by atoms with Crippen LogP contribution in [0.1, 0.15) is 22.0 Å². The van der Waals surface area contributed by atoms with Gasteiger partial charge >= 0.3 is 0 Å². The zero-order valence-corrected chi connectivity index (χ0v) is 15.0. The minimum Gasteiger partial charge on any atom is -0.370 e. The summed E-state index contributed by atoms with van der Waals surface area (Å²) in [5, 5.41) is 0. The normalized spacial score (nSPS) is 17.9. The van der Waals surface area contributed by atoms with Crippen molar-refractivity contribution < 1.29 is 22.3 Å². The first-order valence-corrected chi connectivity index (χ1v) is 9.59. The Morgan fingerprint density at radius 3 is 2.42 bits per heavy atom. The third-order valence-corrected chi connectivity index (χ3v) is 5.71. The Hall–Kier alpha value is -2.29. The fourth-order valence-electron chi connectivity index (χ4n) is 2.79. The van der Waals surface area contributed by atoms with Crippen LogP contribution < -0.4 is 4.72 Å². The van der Waals surface area contributed by atoms with Crippen LogP contribution in [0.3, 0.4) is 0 Å². The molecule has 1 atom stereocenters. The van der Waals surface area contributed by atoms with Crippen LogP contribution in [-0.4, -0.2) is 46.0 Å². The molecule has 0 aliphatic carbocycles. The van der Waals surface area contributed by atoms with Crippen LogP contribution in [0.15, 0.2) is 53.4 Å². The first kappa shape index (κ1) is 18.5. The molecule has 0 bridgehead atoms. The molecule has 0 radical (unpaired) electrons. The Balaban J connectivity index is 1.74. The van der Waals surface area contributed by atoms with Gasteiger partial charge < -0.3 is 9.64 Å². The number of rotatable bonds is 4. The van der Waals surface area contributed by atoms with Gasteiger partial charge in [-0.25, -0.2) is 17.5 Å². The number of morpholine rings is 1. The number of benzene rings is 2. The summed E-state index contributed by atoms with van der Waals surface area (Å²) >= 11 is 0. The topological polar surface area (TPSA) is 75.7 Å². The first-order valence-electron chi connectivity index (χ1n) is 8.10. The monoisotopic (exact) mass is 378 g/mol. The quantitative estimate of drug-likeness (QED) is 0.882. The standard InChI is InChI=1S/C18H19FN2O4S/c1-20-26(23,24)16-8-4-14(5-9-16)18(22)21-10-11-25-17(12-21)13-2-6-15(19)7-3-13/h2-9,17,20H,10-12H2,1H3. The molecule has 138 valence electrons. The maximum atomic E-state index is 13.1. The zero-order chi connectivity index (χ0) is 18.7. The van der Waals surface area contributed by atoms with Crippen molar-refractivity contribution in [1.82, 2.24) is 9.62 Å². The van der Waals surface area contributed by atoms with Crippen molar-refractivity contribution in [3.8, 4) is 0 Å². The molecule has 1 unspecified atom stereocenters. The second-order valence-electron chi connectivity index (χ2n) is 5.89. The summed E-state index contributed by atoms with van der Waals surface area (Å²) in [6.45, 7) is 1.16. The SMILES string of the molecule is CNS(=O)(=O)c1ccc(C(=O)N2CCOC(c3ccc(F)cc3)C2)cc1. The molecule has 0 spiro atoms. The summed E-state index contributed by atoms with van der Waals surface area (Å²) < 4.78 is 44.5. The van der Waals surface area contributed by atoms with E-state index in [1.54, 1.807) is 17.0 Å². The molecule has 1 aliphatic rings. The Morgan fingerprint density at radius 1 is 1.15 bits per heavy atom. The summed E-state index contributed by atoms with van der Waals surface area (Å²) in [4.78, 5) is 14.5. The van der Waals surface area contributed by atoms with Crippen LogP contribution in [0.5, 0.6) is 0 Å². The number of hydrogen-bond acceptors (Lipinski definition) is 4. The Morgan fingerprint density at radius 2 is 1.81 bits per heavy atom. The number of ether oxygens (including phenoxy) is 1. The fourth-order valence-corrected chi connectivity index (χ4v) is 3.52. The summed E-state index contributed by atoms with van der Waals surface area (Å²) in [7, 11) is -2.21. The summed E-state index contributed by atoms with van der Waals surface area (Å²) in [6.07, 6.45) is -0.322. The average Bonchev–Trinajstić information content (AvgIpc) is 2.68. The van der Waals surface area contributed by atoms with Crippen LogP contribution in [0.25, 0.3) is 0 Å². The minimum absolute atomic E-state index is 0.0997. The second kappa shape index (κ2) is 7.53. The van der Waals surface area contributed by atoms with Crippen LogP contribution in [0.4, 0.5) is 4.39 Å². The van der Waals surface area contributed by atoms with E-state index in [1.165, 1.54) is 43.4 Å². The van der Waals surface area contributed by atoms with E-state index in [2.05, 4.69) is 4.72 Å². The number of carbonyl (C=O) groups excluding carboxylic acids is 1. The molecular weight excluding hydrogens is 359 g/mol. The van der Waals surface area contributed by atoms with E-state index < -0.39 is 10.0 Å². The van der Waals surface area contributed by atoms with Crippen molar-refractivity contribution in [2.45, 2.75) is 11.0 Å². The van der Waals surface area contributed by atoms with E-state index in [1.807, 2.05) is 0 Å². The van der Waals surface area contributed by atoms with Gasteiger partial charge in [-0.1, -0.05) is 12.1 Å². The molecule has 1 aliphatic heterocycles. The molecule has 0 saturated carbocycles. The van der Waals surface area contributed by atoms with E-state index in [0.29, 0.717) is 25.3 Å². The minimum atomic E-state index is -3.54. The van der Waals surface area contributed by atoms with Gasteiger partial charge in [-0.15, -0.1) is 0 Å². The van der Waals surface area contributed by atoms with Crippen molar-refractivity contribution >= 4 is 15.9 Å². The lowest BCUT2D eigenvalue weighted by Gasteiger charge is -2.33. The number of halogens is 1. The van der Waals surface area contributed by atoms with Crippen molar-refractivity contribution in [2.24, 2.45) is 0 Å². The van der Waals surface area contributed by atoms with Gasteiger partial charge in [0.2, 0.25) is 10.0 Å². The van der Waals surface area contributed by atoms with E-state index in [4.69, 9.17) is 4.74 Å². The third kappa shape index (κ3) is 3.92. The third-order valence-electron chi connectivity index (χ3n) is 4.28. The highest BCUT2D eigenvalue weighted by Gasteiger charge is 2.26. The van der Waals surface area contributed by atoms with Gasteiger partial charge in [-0.3, -0.25) is 4.79 Å². The largest absolute Gasteiger partial charge is 0.370 e. The van der Waals surface area contributed by atoms with Gasteiger partial charge in [-0.05, 0) is 49.0 Å². The molecule has 1 fully saturated rings. The van der Waals surface area contributed by atoms with Gasteiger partial charge in [-0.2, -0.15) is 0 Å². The van der Waals surface area contributed by atoms with Crippen molar-refractivity contribution in [3.63, 3.8) is 0 Å². The molecule has 0 aromatic heterocycles. The van der Waals surface area contributed by atoms with Gasteiger partial charge in [0.25, 0.3) is 5.91 Å². The highest BCUT2D eigenvalue weighted by molar-refractivity contribution is 7.89. The van der Waals surface area contributed by atoms with E-state index in [9.17, 15) is 17.6 Å². The van der Waals surface area contributed by atoms with Gasteiger partial charge in [0.15, 0.2) is 0 Å². The Bertz CT molecular complexity index is 882. The van der Waals surface area contributed by atoms with Gasteiger partial charge in [0.05, 0.1) is 18.0 Å². The summed E-state index contributed by atoms with van der Waals surface area (Å²) in [6, 6.07) is 11.8. The number of carbonyl (C=O) groups is 1. The van der Waals surface area contributed by atoms with Crippen LogP contribution in [-0.2, 0) is 14.8 Å². The molecule has 26 heavy (non-hydrogen) atoms. The smallest absolute Gasteiger partial charge is 0.254 e. The van der Waals surface area contributed by atoms with Crippen LogP contribution >= 0.6 is 0 Å². The fraction of sp³-hybridized carbons (Fsp3) is 0.278. The van der Waals surface area contributed by atoms with Crippen LogP contribution in [0, 0.1) is 5.82 Å². The Kier molecular flexibility index (Phi) is 5.36. The van der Waals surface area contributed by atoms with Crippen molar-refractivity contribution in [3.05, 3.63) is 65.5 Å². The van der Waals surface area contributed by atoms with Gasteiger partial charge in [0, 0.05) is 12.1 Å². The molecular formula is C18H19FN2O4S. The maximum Gasteiger partial charge on any atom is 0.254 e. The van der Waals surface area contributed by atoms with E-state index >= 15 is 0 Å². The van der Waals surface area contributed by atoms with Gasteiger partial charge in [0.1, 0.15) is 11.9 Å². The lowest BCUT2D eigenvalue weighted by molar-refractivity contribution is -0.0228. The second-order valence-corrected chi connectivity index (χ2v) is 7.78. The molecule has 1 heterocycles. The number of hydrogen-bond donors (Lipinski definition) is 1. The van der Waals surface area contributed by atoms with E-state index in [-0.39, 0.29) is 22.7 Å². The molecule has 6 nitrogen and oxygen atoms in total. The number of sulfonamides is 1. The number of amides is 1. The molecule has 2 aromatic rings. The molecule has 3 rings (SSSR count).